The van der Waals surface area contributed by atoms with Crippen LogP contribution in [-0.4, -0.2) is 77.4 Å². The molecule has 0 spiro atoms. The van der Waals surface area contributed by atoms with Crippen molar-refractivity contribution in [2.45, 2.75) is 26.8 Å². The molecule has 42 heavy (non-hydrogen) atoms. The molecular formula is C33H37ClN6O2. The zero-order valence-corrected chi connectivity index (χ0v) is 25.3. The fourth-order valence-corrected chi connectivity index (χ4v) is 6.38. The Hall–Kier alpha value is -4.17. The van der Waals surface area contributed by atoms with E-state index in [2.05, 4.69) is 54.6 Å². The summed E-state index contributed by atoms with van der Waals surface area (Å²) in [5, 5.41) is 8.84. The van der Waals surface area contributed by atoms with Crippen LogP contribution in [0.2, 0.25) is 5.02 Å². The van der Waals surface area contributed by atoms with Crippen LogP contribution in [0.25, 0.3) is 22.0 Å². The van der Waals surface area contributed by atoms with E-state index in [1.807, 2.05) is 47.5 Å². The lowest BCUT2D eigenvalue weighted by Gasteiger charge is -2.39. The van der Waals surface area contributed by atoms with Gasteiger partial charge in [-0.1, -0.05) is 62.4 Å². The molecule has 1 aromatic heterocycles. The van der Waals surface area contributed by atoms with Crippen molar-refractivity contribution in [3.8, 4) is 11.1 Å². The second kappa shape index (κ2) is 12.4. The molecule has 2 amide bonds. The Morgan fingerprint density at radius 2 is 1.88 bits per heavy atom. The molecule has 2 unspecified atom stereocenters. The SMILES string of the molecule is C=CC(=O)N1CCN(C(=NC)c2cc(Cl)c(-c3c(C)ccc4[nH]ncc34)cc2N(C=O)C2C=CC=CC2C(C)C)CC1. The summed E-state index contributed by atoms with van der Waals surface area (Å²) in [5.41, 5.74) is 5.24. The number of carbonyl (C=O) groups is 2. The van der Waals surface area contributed by atoms with E-state index < -0.39 is 0 Å². The Morgan fingerprint density at radius 1 is 1.17 bits per heavy atom. The first-order chi connectivity index (χ1) is 20.3. The normalized spacial score (nSPS) is 19.0. The van der Waals surface area contributed by atoms with E-state index in [0.29, 0.717) is 37.1 Å². The molecule has 0 bridgehead atoms. The van der Waals surface area contributed by atoms with Crippen LogP contribution in [0.1, 0.15) is 25.0 Å². The van der Waals surface area contributed by atoms with Gasteiger partial charge in [-0.15, -0.1) is 0 Å². The maximum absolute atomic E-state index is 13.0. The Balaban J connectivity index is 1.68. The van der Waals surface area contributed by atoms with Crippen LogP contribution in [0, 0.1) is 18.8 Å². The molecule has 8 nitrogen and oxygen atoms in total. The zero-order valence-electron chi connectivity index (χ0n) is 24.5. The molecule has 2 aliphatic rings. The van der Waals surface area contributed by atoms with Crippen LogP contribution in [-0.2, 0) is 9.59 Å². The maximum atomic E-state index is 13.0. The predicted molar refractivity (Wildman–Crippen MR) is 171 cm³/mol. The van der Waals surface area contributed by atoms with Crippen molar-refractivity contribution in [2.24, 2.45) is 16.8 Å². The number of aliphatic imine (C=N–C) groups is 1. The number of hydrogen-bond acceptors (Lipinski definition) is 4. The standard InChI is InChI=1S/C33H37ClN6O2/c1-6-31(42)38-13-15-39(16-14-38)33(35-5)25-17-27(34)24(32-22(4)11-12-28-26(32)19-36-37-28)18-30(25)40(20-41)29-10-8-7-9-23(29)21(2)3/h6-12,17-21,23,29H,1,13-16H2,2-5H3,(H,36,37). The number of nitrogens with zero attached hydrogens (tertiary/aromatic N) is 5. The highest BCUT2D eigenvalue weighted by atomic mass is 35.5. The summed E-state index contributed by atoms with van der Waals surface area (Å²) in [6, 6.07) is 7.81. The number of anilines is 1. The van der Waals surface area contributed by atoms with Gasteiger partial charge < -0.3 is 14.7 Å². The number of halogens is 1. The quantitative estimate of drug-likeness (QED) is 0.169. The van der Waals surface area contributed by atoms with E-state index in [-0.39, 0.29) is 17.9 Å². The van der Waals surface area contributed by atoms with Gasteiger partial charge in [-0.05, 0) is 48.2 Å². The van der Waals surface area contributed by atoms with Gasteiger partial charge in [0.25, 0.3) is 0 Å². The highest BCUT2D eigenvalue weighted by molar-refractivity contribution is 6.34. The van der Waals surface area contributed by atoms with Gasteiger partial charge in [-0.3, -0.25) is 19.7 Å². The van der Waals surface area contributed by atoms with Crippen molar-refractivity contribution in [3.63, 3.8) is 0 Å². The van der Waals surface area contributed by atoms with Crippen molar-refractivity contribution in [3.05, 3.63) is 83.6 Å². The minimum absolute atomic E-state index is 0.0782. The van der Waals surface area contributed by atoms with Gasteiger partial charge in [-0.25, -0.2) is 0 Å². The number of nitrogens with one attached hydrogen (secondary N) is 1. The first-order valence-electron chi connectivity index (χ1n) is 14.3. The topological polar surface area (TPSA) is 84.9 Å². The molecule has 2 atom stereocenters. The summed E-state index contributed by atoms with van der Waals surface area (Å²) >= 11 is 7.11. The molecule has 2 heterocycles. The largest absolute Gasteiger partial charge is 0.353 e. The molecule has 2 aromatic carbocycles. The highest BCUT2D eigenvalue weighted by Crippen LogP contribution is 2.41. The Labute approximate surface area is 252 Å². The summed E-state index contributed by atoms with van der Waals surface area (Å²) in [6.45, 7) is 12.3. The number of aryl methyl sites for hydroxylation is 1. The average Bonchev–Trinajstić information content (AvgIpc) is 3.48. The second-order valence-corrected chi connectivity index (χ2v) is 11.5. The number of rotatable bonds is 7. The van der Waals surface area contributed by atoms with Crippen molar-refractivity contribution in [1.29, 1.82) is 0 Å². The number of benzene rings is 2. The van der Waals surface area contributed by atoms with E-state index in [9.17, 15) is 9.59 Å². The number of aromatic nitrogens is 2. The fraction of sp³-hybridized carbons (Fsp3) is 0.333. The van der Waals surface area contributed by atoms with E-state index in [1.54, 1.807) is 11.9 Å². The number of aromatic amines is 1. The number of amidine groups is 1. The fourth-order valence-electron chi connectivity index (χ4n) is 6.13. The van der Waals surface area contributed by atoms with Crippen LogP contribution in [0.4, 0.5) is 5.69 Å². The summed E-state index contributed by atoms with van der Waals surface area (Å²) in [4.78, 5) is 35.7. The third kappa shape index (κ3) is 5.39. The van der Waals surface area contributed by atoms with E-state index in [1.165, 1.54) is 6.08 Å². The van der Waals surface area contributed by atoms with Gasteiger partial charge in [0, 0.05) is 60.7 Å². The minimum Gasteiger partial charge on any atom is -0.353 e. The van der Waals surface area contributed by atoms with Crippen LogP contribution in [0.3, 0.4) is 0 Å². The van der Waals surface area contributed by atoms with Crippen molar-refractivity contribution < 1.29 is 9.59 Å². The van der Waals surface area contributed by atoms with Gasteiger partial charge in [0.05, 0.1) is 23.4 Å². The average molecular weight is 585 g/mol. The lowest BCUT2D eigenvalue weighted by molar-refractivity contribution is -0.127. The lowest BCUT2D eigenvalue weighted by atomic mass is 9.84. The van der Waals surface area contributed by atoms with Crippen molar-refractivity contribution in [1.82, 2.24) is 20.0 Å². The molecule has 1 N–H and O–H groups in total. The van der Waals surface area contributed by atoms with Crippen LogP contribution in [0.5, 0.6) is 0 Å². The summed E-state index contributed by atoms with van der Waals surface area (Å²) in [7, 11) is 1.75. The summed E-state index contributed by atoms with van der Waals surface area (Å²) in [6.07, 6.45) is 12.4. The number of amides is 2. The van der Waals surface area contributed by atoms with Crippen LogP contribution >= 0.6 is 11.6 Å². The van der Waals surface area contributed by atoms with Crippen LogP contribution in [0.15, 0.2) is 72.4 Å². The van der Waals surface area contributed by atoms with E-state index in [0.717, 1.165) is 51.1 Å². The van der Waals surface area contributed by atoms with E-state index >= 15 is 0 Å². The first kappa shape index (κ1) is 29.3. The number of piperazine rings is 1. The van der Waals surface area contributed by atoms with Crippen molar-refractivity contribution in [2.75, 3.05) is 38.1 Å². The zero-order chi connectivity index (χ0) is 30.0. The molecule has 0 radical (unpaired) electrons. The molecule has 9 heteroatoms. The lowest BCUT2D eigenvalue weighted by Crippen LogP contribution is -2.51. The van der Waals surface area contributed by atoms with Crippen molar-refractivity contribution >= 4 is 46.3 Å². The predicted octanol–water partition coefficient (Wildman–Crippen LogP) is 5.63. The molecular weight excluding hydrogens is 548 g/mol. The second-order valence-electron chi connectivity index (χ2n) is 11.1. The van der Waals surface area contributed by atoms with Gasteiger partial charge in [0.15, 0.2) is 0 Å². The minimum atomic E-state index is -0.189. The third-order valence-electron chi connectivity index (χ3n) is 8.34. The Morgan fingerprint density at radius 3 is 2.55 bits per heavy atom. The van der Waals surface area contributed by atoms with Crippen LogP contribution < -0.4 is 4.90 Å². The molecule has 1 aliphatic carbocycles. The van der Waals surface area contributed by atoms with Gasteiger partial charge >= 0.3 is 0 Å². The van der Waals surface area contributed by atoms with Gasteiger partial charge in [0.1, 0.15) is 5.84 Å². The molecule has 0 saturated carbocycles. The number of fused-ring (bicyclic) bond motifs is 1. The first-order valence-corrected chi connectivity index (χ1v) is 14.7. The highest BCUT2D eigenvalue weighted by Gasteiger charge is 2.32. The Bertz CT molecular complexity index is 1600. The monoisotopic (exact) mass is 584 g/mol. The summed E-state index contributed by atoms with van der Waals surface area (Å²) < 4.78 is 0. The maximum Gasteiger partial charge on any atom is 0.246 e. The molecule has 218 valence electrons. The number of hydrogen-bond donors (Lipinski definition) is 1. The molecule has 5 rings (SSSR count). The molecule has 3 aromatic rings. The molecule has 1 aliphatic heterocycles. The number of H-pyrrole nitrogens is 1. The van der Waals surface area contributed by atoms with E-state index in [4.69, 9.17) is 16.6 Å². The molecule has 1 fully saturated rings. The molecule has 1 saturated heterocycles. The third-order valence-corrected chi connectivity index (χ3v) is 8.65. The smallest absolute Gasteiger partial charge is 0.246 e. The summed E-state index contributed by atoms with van der Waals surface area (Å²) in [5.74, 6) is 1.09. The Kier molecular flexibility index (Phi) is 8.64. The number of allylic oxidation sites excluding steroid dienone is 2. The van der Waals surface area contributed by atoms with Gasteiger partial charge in [0.2, 0.25) is 12.3 Å². The number of carbonyl (C=O) groups excluding carboxylic acids is 2. The van der Waals surface area contributed by atoms with Gasteiger partial charge in [-0.2, -0.15) is 5.10 Å².